The third-order valence-electron chi connectivity index (χ3n) is 4.34. The lowest BCUT2D eigenvalue weighted by molar-refractivity contribution is -0.155. The molecule has 1 aromatic rings. The molecule has 2 amide bonds. The molecule has 2 fully saturated rings. The lowest BCUT2D eigenvalue weighted by atomic mass is 10.2. The quantitative estimate of drug-likeness (QED) is 0.563. The predicted molar refractivity (Wildman–Crippen MR) is 88.5 cm³/mol. The minimum atomic E-state index is -0.410. The Balaban J connectivity index is 1.49. The second-order valence-corrected chi connectivity index (χ2v) is 6.35. The predicted octanol–water partition coefficient (Wildman–Crippen LogP) is 0.238. The first-order valence-corrected chi connectivity index (χ1v) is 8.50. The smallest absolute Gasteiger partial charge is 0.312 e. The molecule has 8 heteroatoms. The van der Waals surface area contributed by atoms with Crippen LogP contribution in [0.15, 0.2) is 18.3 Å². The Morgan fingerprint density at radius 3 is 2.29 bits per heavy atom. The van der Waals surface area contributed by atoms with Crippen molar-refractivity contribution in [1.29, 1.82) is 0 Å². The Kier molecular flexibility index (Phi) is 5.65. The lowest BCUT2D eigenvalue weighted by Gasteiger charge is -2.35. The number of morpholine rings is 1. The van der Waals surface area contributed by atoms with Gasteiger partial charge in [0, 0.05) is 52.0 Å². The van der Waals surface area contributed by atoms with Gasteiger partial charge in [-0.05, 0) is 17.7 Å². The number of amides is 2. The summed E-state index contributed by atoms with van der Waals surface area (Å²) >= 11 is 5.90. The van der Waals surface area contributed by atoms with Gasteiger partial charge in [-0.3, -0.25) is 14.5 Å². The van der Waals surface area contributed by atoms with Crippen LogP contribution in [0.2, 0.25) is 5.15 Å². The molecule has 1 aromatic heterocycles. The number of carbonyl (C=O) groups is 2. The minimum absolute atomic E-state index is 0.400. The third-order valence-corrected chi connectivity index (χ3v) is 4.54. The molecule has 0 unspecified atom stereocenters. The van der Waals surface area contributed by atoms with Gasteiger partial charge in [0.25, 0.3) is 0 Å². The molecule has 24 heavy (non-hydrogen) atoms. The molecule has 2 aliphatic rings. The minimum Gasteiger partial charge on any atom is -0.378 e. The van der Waals surface area contributed by atoms with Gasteiger partial charge in [-0.1, -0.05) is 11.6 Å². The van der Waals surface area contributed by atoms with Gasteiger partial charge < -0.3 is 14.5 Å². The Bertz CT molecular complexity index is 599. The van der Waals surface area contributed by atoms with Crippen molar-refractivity contribution in [2.45, 2.75) is 6.54 Å². The van der Waals surface area contributed by atoms with E-state index in [1.807, 2.05) is 12.1 Å². The van der Waals surface area contributed by atoms with Crippen LogP contribution in [0.3, 0.4) is 0 Å². The number of halogens is 1. The van der Waals surface area contributed by atoms with Crippen molar-refractivity contribution in [2.75, 3.05) is 52.5 Å². The van der Waals surface area contributed by atoms with Crippen LogP contribution in [-0.2, 0) is 20.9 Å². The molecule has 2 aliphatic heterocycles. The van der Waals surface area contributed by atoms with E-state index >= 15 is 0 Å². The molecular weight excluding hydrogens is 332 g/mol. The van der Waals surface area contributed by atoms with E-state index in [-0.39, 0.29) is 0 Å². The SMILES string of the molecule is O=C(C(=O)N1CCN(Cc2ccnc(Cl)c2)CC1)N1CCOCC1. The van der Waals surface area contributed by atoms with Crippen molar-refractivity contribution >= 4 is 23.4 Å². The lowest BCUT2D eigenvalue weighted by Crippen LogP contribution is -2.54. The maximum absolute atomic E-state index is 12.4. The molecule has 2 saturated heterocycles. The monoisotopic (exact) mass is 352 g/mol. The Hall–Kier alpha value is -1.70. The third kappa shape index (κ3) is 4.23. The van der Waals surface area contributed by atoms with Gasteiger partial charge in [-0.2, -0.15) is 0 Å². The number of hydrogen-bond acceptors (Lipinski definition) is 5. The first kappa shape index (κ1) is 17.1. The van der Waals surface area contributed by atoms with E-state index in [4.69, 9.17) is 16.3 Å². The fraction of sp³-hybridized carbons (Fsp3) is 0.562. The summed E-state index contributed by atoms with van der Waals surface area (Å²) in [7, 11) is 0. The summed E-state index contributed by atoms with van der Waals surface area (Å²) in [6.07, 6.45) is 1.69. The van der Waals surface area contributed by atoms with Gasteiger partial charge >= 0.3 is 11.8 Å². The zero-order valence-corrected chi connectivity index (χ0v) is 14.2. The summed E-state index contributed by atoms with van der Waals surface area (Å²) in [5.74, 6) is -0.809. The van der Waals surface area contributed by atoms with Crippen LogP contribution in [-0.4, -0.2) is 84.0 Å². The highest BCUT2D eigenvalue weighted by molar-refractivity contribution is 6.34. The highest BCUT2D eigenvalue weighted by Crippen LogP contribution is 2.12. The van der Waals surface area contributed by atoms with Gasteiger partial charge in [-0.25, -0.2) is 4.98 Å². The van der Waals surface area contributed by atoms with Crippen molar-refractivity contribution in [2.24, 2.45) is 0 Å². The van der Waals surface area contributed by atoms with E-state index in [9.17, 15) is 9.59 Å². The highest BCUT2D eigenvalue weighted by Gasteiger charge is 2.30. The Morgan fingerprint density at radius 1 is 1.04 bits per heavy atom. The van der Waals surface area contributed by atoms with Gasteiger partial charge in [0.05, 0.1) is 13.2 Å². The van der Waals surface area contributed by atoms with Crippen molar-refractivity contribution in [1.82, 2.24) is 19.7 Å². The maximum atomic E-state index is 12.4. The first-order valence-electron chi connectivity index (χ1n) is 8.12. The van der Waals surface area contributed by atoms with Crippen LogP contribution in [0.1, 0.15) is 5.56 Å². The number of piperazine rings is 1. The van der Waals surface area contributed by atoms with E-state index in [1.54, 1.807) is 16.0 Å². The molecule has 0 saturated carbocycles. The van der Waals surface area contributed by atoms with Gasteiger partial charge in [0.1, 0.15) is 5.15 Å². The van der Waals surface area contributed by atoms with Gasteiger partial charge in [-0.15, -0.1) is 0 Å². The molecule has 0 N–H and O–H groups in total. The second-order valence-electron chi connectivity index (χ2n) is 5.96. The molecule has 130 valence electrons. The average molecular weight is 353 g/mol. The molecule has 0 aromatic carbocycles. The molecule has 0 aliphatic carbocycles. The topological polar surface area (TPSA) is 66.0 Å². The van der Waals surface area contributed by atoms with Crippen molar-refractivity contribution in [3.8, 4) is 0 Å². The number of aromatic nitrogens is 1. The highest BCUT2D eigenvalue weighted by atomic mass is 35.5. The Labute approximate surface area is 146 Å². The molecule has 3 heterocycles. The summed E-state index contributed by atoms with van der Waals surface area (Å²) in [6.45, 7) is 5.36. The molecule has 0 spiro atoms. The van der Waals surface area contributed by atoms with Crippen LogP contribution in [0.25, 0.3) is 0 Å². The van der Waals surface area contributed by atoms with Gasteiger partial charge in [0.2, 0.25) is 0 Å². The van der Waals surface area contributed by atoms with Crippen molar-refractivity contribution in [3.63, 3.8) is 0 Å². The summed E-state index contributed by atoms with van der Waals surface area (Å²) in [4.78, 5) is 34.1. The zero-order chi connectivity index (χ0) is 16.9. The average Bonchev–Trinajstić information content (AvgIpc) is 2.62. The molecule has 7 nitrogen and oxygen atoms in total. The normalized spacial score (nSPS) is 19.4. The van der Waals surface area contributed by atoms with Crippen molar-refractivity contribution in [3.05, 3.63) is 29.0 Å². The number of nitrogens with zero attached hydrogens (tertiary/aromatic N) is 4. The number of rotatable bonds is 2. The molecular formula is C16H21ClN4O3. The van der Waals surface area contributed by atoms with Crippen LogP contribution in [0.5, 0.6) is 0 Å². The van der Waals surface area contributed by atoms with Crippen LogP contribution < -0.4 is 0 Å². The largest absolute Gasteiger partial charge is 0.378 e. The molecule has 3 rings (SSSR count). The van der Waals surface area contributed by atoms with E-state index in [0.717, 1.165) is 25.2 Å². The summed E-state index contributed by atoms with van der Waals surface area (Å²) in [5, 5.41) is 0.484. The fourth-order valence-corrected chi connectivity index (χ4v) is 3.14. The van der Waals surface area contributed by atoms with Crippen LogP contribution in [0, 0.1) is 0 Å². The van der Waals surface area contributed by atoms with E-state index in [1.165, 1.54) is 0 Å². The molecule has 0 atom stereocenters. The second kappa shape index (κ2) is 7.92. The fourth-order valence-electron chi connectivity index (χ4n) is 2.95. The Morgan fingerprint density at radius 2 is 1.67 bits per heavy atom. The number of ether oxygens (including phenoxy) is 1. The van der Waals surface area contributed by atoms with Crippen LogP contribution >= 0.6 is 11.6 Å². The maximum Gasteiger partial charge on any atom is 0.312 e. The van der Waals surface area contributed by atoms with Gasteiger partial charge in [0.15, 0.2) is 0 Å². The van der Waals surface area contributed by atoms with E-state index in [2.05, 4.69) is 9.88 Å². The summed E-state index contributed by atoms with van der Waals surface area (Å²) in [6, 6.07) is 3.78. The van der Waals surface area contributed by atoms with E-state index in [0.29, 0.717) is 44.5 Å². The molecule has 0 bridgehead atoms. The summed E-state index contributed by atoms with van der Waals surface area (Å²) in [5.41, 5.74) is 1.10. The number of carbonyl (C=O) groups excluding carboxylic acids is 2. The van der Waals surface area contributed by atoms with Crippen molar-refractivity contribution < 1.29 is 14.3 Å². The first-order chi connectivity index (χ1) is 11.6. The summed E-state index contributed by atoms with van der Waals surface area (Å²) < 4.78 is 5.21. The molecule has 0 radical (unpaired) electrons. The number of pyridine rings is 1. The number of hydrogen-bond donors (Lipinski definition) is 0. The van der Waals surface area contributed by atoms with E-state index < -0.39 is 11.8 Å². The van der Waals surface area contributed by atoms with Crippen LogP contribution in [0.4, 0.5) is 0 Å². The zero-order valence-electron chi connectivity index (χ0n) is 13.5. The standard InChI is InChI=1S/C16H21ClN4O3/c17-14-11-13(1-2-18-14)12-19-3-5-20(6-4-19)15(22)16(23)21-7-9-24-10-8-21/h1-2,11H,3-10,12H2.